The summed E-state index contributed by atoms with van der Waals surface area (Å²) in [5.74, 6) is -0.0116. The lowest BCUT2D eigenvalue weighted by Crippen LogP contribution is -1.88. The normalized spacial score (nSPS) is 10.8. The molecular formula is C15H9BrCl2O3. The second-order valence-electron chi connectivity index (χ2n) is 4.02. The molecule has 2 aromatic carbocycles. The lowest BCUT2D eigenvalue weighted by atomic mass is 10.2. The number of rotatable bonds is 4. The number of carbonyl (C=O) groups is 1. The summed E-state index contributed by atoms with van der Waals surface area (Å²) in [5.41, 5.74) is 0.730. The van der Waals surface area contributed by atoms with Crippen molar-refractivity contribution in [3.8, 4) is 11.5 Å². The van der Waals surface area contributed by atoms with E-state index in [-0.39, 0.29) is 0 Å². The summed E-state index contributed by atoms with van der Waals surface area (Å²) in [5, 5.41) is 9.34. The van der Waals surface area contributed by atoms with Crippen molar-refractivity contribution >= 4 is 51.2 Å². The molecule has 21 heavy (non-hydrogen) atoms. The average molecular weight is 388 g/mol. The van der Waals surface area contributed by atoms with Crippen LogP contribution in [0.3, 0.4) is 0 Å². The van der Waals surface area contributed by atoms with E-state index >= 15 is 0 Å². The van der Waals surface area contributed by atoms with E-state index in [1.807, 2.05) is 0 Å². The van der Waals surface area contributed by atoms with Crippen LogP contribution in [0.4, 0.5) is 0 Å². The fourth-order valence-electron chi connectivity index (χ4n) is 1.55. The first-order valence-corrected chi connectivity index (χ1v) is 7.34. The summed E-state index contributed by atoms with van der Waals surface area (Å²) in [6.45, 7) is 0. The second-order valence-corrected chi connectivity index (χ2v) is 5.65. The highest BCUT2D eigenvalue weighted by atomic mass is 79.9. The maximum absolute atomic E-state index is 10.5. The number of benzene rings is 2. The summed E-state index contributed by atoms with van der Waals surface area (Å²) >= 11 is 15.4. The predicted molar refractivity (Wildman–Crippen MR) is 87.3 cm³/mol. The molecule has 1 N–H and O–H groups in total. The molecule has 3 nitrogen and oxygen atoms in total. The third-order valence-electron chi connectivity index (χ3n) is 2.51. The number of carboxylic acids is 1. The molecule has 2 rings (SSSR count). The van der Waals surface area contributed by atoms with Crippen LogP contribution in [0.1, 0.15) is 5.56 Å². The summed E-state index contributed by atoms with van der Waals surface area (Å²) < 4.78 is 6.37. The number of carboxylic acid groups (broad SMARTS) is 1. The monoisotopic (exact) mass is 386 g/mol. The van der Waals surface area contributed by atoms with Crippen LogP contribution in [0.25, 0.3) is 6.08 Å². The standard InChI is InChI=1S/C15H9BrCl2O3/c16-10-8-9(5-7-14(19)20)4-6-12(10)21-13-3-1-2-11(17)15(13)18/h1-8H,(H,19,20)/b7-5+. The zero-order valence-corrected chi connectivity index (χ0v) is 13.6. The molecule has 2 aromatic rings. The Morgan fingerprint density at radius 2 is 1.95 bits per heavy atom. The minimum Gasteiger partial charge on any atom is -0.478 e. The van der Waals surface area contributed by atoms with Gasteiger partial charge in [0.25, 0.3) is 0 Å². The topological polar surface area (TPSA) is 46.5 Å². The van der Waals surface area contributed by atoms with E-state index < -0.39 is 5.97 Å². The molecule has 0 fully saturated rings. The summed E-state index contributed by atoms with van der Waals surface area (Å²) in [4.78, 5) is 10.5. The first kappa shape index (κ1) is 15.9. The van der Waals surface area contributed by atoms with Crippen LogP contribution < -0.4 is 4.74 Å². The van der Waals surface area contributed by atoms with Gasteiger partial charge in [0.1, 0.15) is 16.5 Å². The van der Waals surface area contributed by atoms with E-state index in [0.717, 1.165) is 11.6 Å². The summed E-state index contributed by atoms with van der Waals surface area (Å²) in [6, 6.07) is 10.3. The molecule has 0 unspecified atom stereocenters. The number of aliphatic carboxylic acids is 1. The molecule has 0 saturated carbocycles. The molecule has 0 radical (unpaired) electrons. The number of halogens is 3. The van der Waals surface area contributed by atoms with Crippen LogP contribution in [-0.4, -0.2) is 11.1 Å². The fourth-order valence-corrected chi connectivity index (χ4v) is 2.36. The molecule has 0 heterocycles. The van der Waals surface area contributed by atoms with Crippen molar-refractivity contribution in [2.24, 2.45) is 0 Å². The molecule has 6 heteroatoms. The van der Waals surface area contributed by atoms with Crippen LogP contribution in [0.5, 0.6) is 11.5 Å². The van der Waals surface area contributed by atoms with Crippen LogP contribution >= 0.6 is 39.1 Å². The van der Waals surface area contributed by atoms with Crippen molar-refractivity contribution in [1.29, 1.82) is 0 Å². The molecule has 0 aliphatic heterocycles. The Morgan fingerprint density at radius 3 is 2.62 bits per heavy atom. The Hall–Kier alpha value is -1.49. The maximum Gasteiger partial charge on any atom is 0.328 e. The van der Waals surface area contributed by atoms with Gasteiger partial charge in [0.2, 0.25) is 0 Å². The van der Waals surface area contributed by atoms with Crippen molar-refractivity contribution < 1.29 is 14.6 Å². The smallest absolute Gasteiger partial charge is 0.328 e. The van der Waals surface area contributed by atoms with Gasteiger partial charge < -0.3 is 9.84 Å². The molecule has 0 aliphatic carbocycles. The fraction of sp³-hybridized carbons (Fsp3) is 0. The van der Waals surface area contributed by atoms with Crippen molar-refractivity contribution in [2.75, 3.05) is 0 Å². The lowest BCUT2D eigenvalue weighted by molar-refractivity contribution is -0.131. The average Bonchev–Trinajstić information content (AvgIpc) is 2.44. The zero-order valence-electron chi connectivity index (χ0n) is 10.5. The third kappa shape index (κ3) is 4.24. The summed E-state index contributed by atoms with van der Waals surface area (Å²) in [7, 11) is 0. The minimum atomic E-state index is -1.00. The molecule has 0 bridgehead atoms. The number of hydrogen-bond donors (Lipinski definition) is 1. The van der Waals surface area contributed by atoms with E-state index in [2.05, 4.69) is 15.9 Å². The van der Waals surface area contributed by atoms with E-state index in [1.165, 1.54) is 6.08 Å². The van der Waals surface area contributed by atoms with Crippen LogP contribution in [-0.2, 0) is 4.79 Å². The van der Waals surface area contributed by atoms with Crippen molar-refractivity contribution in [3.63, 3.8) is 0 Å². The summed E-state index contributed by atoms with van der Waals surface area (Å²) in [6.07, 6.45) is 2.55. The van der Waals surface area contributed by atoms with Gasteiger partial charge in [0.05, 0.1) is 9.50 Å². The lowest BCUT2D eigenvalue weighted by Gasteiger charge is -2.10. The van der Waals surface area contributed by atoms with Gasteiger partial charge >= 0.3 is 5.97 Å². The Kier molecular flexibility index (Phi) is 5.28. The van der Waals surface area contributed by atoms with Crippen LogP contribution in [0, 0.1) is 0 Å². The van der Waals surface area contributed by atoms with Crippen molar-refractivity contribution in [2.45, 2.75) is 0 Å². The van der Waals surface area contributed by atoms with E-state index in [9.17, 15) is 4.79 Å². The van der Waals surface area contributed by atoms with E-state index in [1.54, 1.807) is 36.4 Å². The molecule has 0 aromatic heterocycles. The molecule has 0 amide bonds. The Balaban J connectivity index is 2.25. The Bertz CT molecular complexity index is 714. The van der Waals surface area contributed by atoms with Gasteiger partial charge in [0.15, 0.2) is 0 Å². The quantitative estimate of drug-likeness (QED) is 0.690. The zero-order chi connectivity index (χ0) is 15.4. The number of hydrogen-bond acceptors (Lipinski definition) is 2. The maximum atomic E-state index is 10.5. The van der Waals surface area contributed by atoms with Gasteiger partial charge in [-0.15, -0.1) is 0 Å². The molecule has 0 spiro atoms. The third-order valence-corrected chi connectivity index (χ3v) is 3.93. The van der Waals surface area contributed by atoms with Gasteiger partial charge in [-0.2, -0.15) is 0 Å². The largest absolute Gasteiger partial charge is 0.478 e. The van der Waals surface area contributed by atoms with Gasteiger partial charge in [-0.1, -0.05) is 35.3 Å². The highest BCUT2D eigenvalue weighted by Crippen LogP contribution is 2.37. The predicted octanol–water partition coefficient (Wildman–Crippen LogP) is 5.65. The van der Waals surface area contributed by atoms with E-state index in [0.29, 0.717) is 26.0 Å². The number of ether oxygens (including phenoxy) is 1. The molecule has 0 saturated heterocycles. The van der Waals surface area contributed by atoms with Gasteiger partial charge in [-0.25, -0.2) is 4.79 Å². The van der Waals surface area contributed by atoms with Crippen molar-refractivity contribution in [1.82, 2.24) is 0 Å². The minimum absolute atomic E-state index is 0.334. The first-order valence-electron chi connectivity index (χ1n) is 5.80. The van der Waals surface area contributed by atoms with Gasteiger partial charge in [-0.3, -0.25) is 0 Å². The van der Waals surface area contributed by atoms with Gasteiger partial charge in [-0.05, 0) is 51.8 Å². The second kappa shape index (κ2) is 6.98. The van der Waals surface area contributed by atoms with Crippen LogP contribution in [0.15, 0.2) is 46.9 Å². The highest BCUT2D eigenvalue weighted by Gasteiger charge is 2.09. The molecular weight excluding hydrogens is 379 g/mol. The SMILES string of the molecule is O=C(O)/C=C/c1ccc(Oc2cccc(Cl)c2Cl)c(Br)c1. The molecule has 108 valence electrons. The van der Waals surface area contributed by atoms with Crippen LogP contribution in [0.2, 0.25) is 10.0 Å². The van der Waals surface area contributed by atoms with Crippen molar-refractivity contribution in [3.05, 3.63) is 62.6 Å². The first-order chi connectivity index (χ1) is 9.97. The Labute approximate surface area is 139 Å². The Morgan fingerprint density at radius 1 is 1.19 bits per heavy atom. The van der Waals surface area contributed by atoms with E-state index in [4.69, 9.17) is 33.0 Å². The molecule has 0 atom stereocenters. The molecule has 0 aliphatic rings. The highest BCUT2D eigenvalue weighted by molar-refractivity contribution is 9.10. The van der Waals surface area contributed by atoms with Gasteiger partial charge in [0, 0.05) is 6.08 Å².